The molecule has 2 N–H and O–H groups in total. The fraction of sp³-hybridized carbons (Fsp3) is 0.833. The molecule has 3 unspecified atom stereocenters. The summed E-state index contributed by atoms with van der Waals surface area (Å²) in [7, 11) is 0. The lowest BCUT2D eigenvalue weighted by Crippen LogP contribution is -2.53. The van der Waals surface area contributed by atoms with Gasteiger partial charge in [0.15, 0.2) is 0 Å². The highest BCUT2D eigenvalue weighted by atomic mass is 16.6. The molecule has 124 valence electrons. The predicted octanol–water partition coefficient (Wildman–Crippen LogP) is 3.38. The third kappa shape index (κ3) is 3.83. The van der Waals surface area contributed by atoms with E-state index >= 15 is 0 Å². The van der Waals surface area contributed by atoms with E-state index < -0.39 is 5.60 Å². The van der Waals surface area contributed by atoms with Crippen LogP contribution < -0.4 is 10.6 Å². The zero-order valence-electron chi connectivity index (χ0n) is 14.1. The van der Waals surface area contributed by atoms with Crippen LogP contribution in [0.2, 0.25) is 0 Å². The molecule has 4 nitrogen and oxygen atoms in total. The van der Waals surface area contributed by atoms with E-state index in [1.54, 1.807) is 0 Å². The van der Waals surface area contributed by atoms with Crippen LogP contribution >= 0.6 is 0 Å². The average Bonchev–Trinajstić information content (AvgIpc) is 2.77. The highest BCUT2D eigenvalue weighted by Gasteiger charge is 2.41. The Labute approximate surface area is 134 Å². The van der Waals surface area contributed by atoms with Crippen molar-refractivity contribution in [1.82, 2.24) is 10.6 Å². The first-order chi connectivity index (χ1) is 10.4. The Morgan fingerprint density at radius 2 is 1.82 bits per heavy atom. The predicted molar refractivity (Wildman–Crippen MR) is 87.7 cm³/mol. The number of nitrogens with one attached hydrogen (secondary N) is 2. The molecule has 22 heavy (non-hydrogen) atoms. The normalized spacial score (nSPS) is 37.3. The van der Waals surface area contributed by atoms with Gasteiger partial charge in [-0.1, -0.05) is 12.2 Å². The standard InChI is InChI=1S/C18H30N2O2/c1-18(2,3)22-17(21)20-14-9-7-13(8-10-14)19-16-11-12-5-4-6-15(12)16/h4,6,12-16,19H,5,7-11H2,1-3H3,(H,20,21). The second-order valence-electron chi connectivity index (χ2n) is 8.20. The Bertz CT molecular complexity index is 433. The van der Waals surface area contributed by atoms with Crippen molar-refractivity contribution in [3.63, 3.8) is 0 Å². The molecule has 0 spiro atoms. The highest BCUT2D eigenvalue weighted by molar-refractivity contribution is 5.68. The van der Waals surface area contributed by atoms with Crippen molar-refractivity contribution in [3.05, 3.63) is 12.2 Å². The highest BCUT2D eigenvalue weighted by Crippen LogP contribution is 2.43. The molecular formula is C18H30N2O2. The van der Waals surface area contributed by atoms with Crippen molar-refractivity contribution in [2.75, 3.05) is 0 Å². The maximum atomic E-state index is 11.8. The van der Waals surface area contributed by atoms with Crippen LogP contribution in [0.3, 0.4) is 0 Å². The molecule has 3 atom stereocenters. The van der Waals surface area contributed by atoms with E-state index in [-0.39, 0.29) is 12.1 Å². The van der Waals surface area contributed by atoms with Crippen molar-refractivity contribution < 1.29 is 9.53 Å². The first-order valence-corrected chi connectivity index (χ1v) is 8.83. The third-order valence-electron chi connectivity index (χ3n) is 5.26. The molecule has 3 aliphatic carbocycles. The van der Waals surface area contributed by atoms with Crippen LogP contribution in [0.25, 0.3) is 0 Å². The van der Waals surface area contributed by atoms with E-state index in [4.69, 9.17) is 4.74 Å². The molecule has 1 amide bonds. The lowest BCUT2D eigenvalue weighted by atomic mass is 9.70. The Morgan fingerprint density at radius 1 is 1.14 bits per heavy atom. The van der Waals surface area contributed by atoms with Gasteiger partial charge in [-0.05, 0) is 71.1 Å². The van der Waals surface area contributed by atoms with Crippen LogP contribution in [0.4, 0.5) is 4.79 Å². The molecule has 0 aromatic carbocycles. The Kier molecular flexibility index (Phi) is 4.49. The summed E-state index contributed by atoms with van der Waals surface area (Å²) in [5, 5.41) is 6.86. The maximum Gasteiger partial charge on any atom is 0.407 e. The number of hydrogen-bond acceptors (Lipinski definition) is 3. The van der Waals surface area contributed by atoms with Gasteiger partial charge in [0.1, 0.15) is 5.60 Å². The van der Waals surface area contributed by atoms with Crippen molar-refractivity contribution in [2.45, 2.75) is 83.0 Å². The number of allylic oxidation sites excluding steroid dienone is 1. The fourth-order valence-corrected chi connectivity index (χ4v) is 4.09. The first kappa shape index (κ1) is 15.9. The van der Waals surface area contributed by atoms with Crippen molar-refractivity contribution >= 4 is 6.09 Å². The molecule has 3 rings (SSSR count). The molecule has 2 fully saturated rings. The van der Waals surface area contributed by atoms with E-state index in [1.165, 1.54) is 12.8 Å². The lowest BCUT2D eigenvalue weighted by molar-refractivity contribution is 0.0486. The molecule has 4 heteroatoms. The second kappa shape index (κ2) is 6.23. The molecule has 0 radical (unpaired) electrons. The Morgan fingerprint density at radius 3 is 2.45 bits per heavy atom. The van der Waals surface area contributed by atoms with E-state index in [0.717, 1.165) is 37.5 Å². The van der Waals surface area contributed by atoms with Gasteiger partial charge in [-0.15, -0.1) is 0 Å². The fourth-order valence-electron chi connectivity index (χ4n) is 4.09. The van der Waals surface area contributed by atoms with E-state index in [2.05, 4.69) is 22.8 Å². The second-order valence-corrected chi connectivity index (χ2v) is 8.20. The van der Waals surface area contributed by atoms with Gasteiger partial charge in [0.05, 0.1) is 0 Å². The zero-order chi connectivity index (χ0) is 15.7. The number of alkyl carbamates (subject to hydrolysis) is 1. The number of rotatable bonds is 3. The summed E-state index contributed by atoms with van der Waals surface area (Å²) in [5.41, 5.74) is -0.418. The summed E-state index contributed by atoms with van der Waals surface area (Å²) in [6, 6.07) is 1.59. The van der Waals surface area contributed by atoms with Gasteiger partial charge in [-0.3, -0.25) is 0 Å². The van der Waals surface area contributed by atoms with Crippen LogP contribution in [0.1, 0.15) is 59.3 Å². The molecule has 2 saturated carbocycles. The summed E-state index contributed by atoms with van der Waals surface area (Å²) in [6.45, 7) is 5.70. The van der Waals surface area contributed by atoms with Crippen molar-refractivity contribution in [1.29, 1.82) is 0 Å². The number of ether oxygens (including phenoxy) is 1. The number of hydrogen-bond donors (Lipinski definition) is 2. The lowest BCUT2D eigenvalue weighted by Gasteiger charge is -2.44. The van der Waals surface area contributed by atoms with Crippen molar-refractivity contribution in [3.8, 4) is 0 Å². The molecule has 0 heterocycles. The summed E-state index contributed by atoms with van der Waals surface area (Å²) >= 11 is 0. The van der Waals surface area contributed by atoms with Gasteiger partial charge in [-0.2, -0.15) is 0 Å². The van der Waals surface area contributed by atoms with Crippen LogP contribution in [0.15, 0.2) is 12.2 Å². The molecule has 0 bridgehead atoms. The Balaban J connectivity index is 1.36. The number of fused-ring (bicyclic) bond motifs is 1. The smallest absolute Gasteiger partial charge is 0.407 e. The van der Waals surface area contributed by atoms with E-state index in [9.17, 15) is 4.79 Å². The minimum Gasteiger partial charge on any atom is -0.444 e. The zero-order valence-corrected chi connectivity index (χ0v) is 14.1. The molecular weight excluding hydrogens is 276 g/mol. The number of amides is 1. The Hall–Kier alpha value is -1.03. The summed E-state index contributed by atoms with van der Waals surface area (Å²) in [4.78, 5) is 11.8. The quantitative estimate of drug-likeness (QED) is 0.786. The molecule has 0 aliphatic heterocycles. The summed E-state index contributed by atoms with van der Waals surface area (Å²) in [5.74, 6) is 1.71. The maximum absolute atomic E-state index is 11.8. The number of carbonyl (C=O) groups is 1. The monoisotopic (exact) mass is 306 g/mol. The van der Waals surface area contributed by atoms with Crippen LogP contribution in [0, 0.1) is 11.8 Å². The SMILES string of the molecule is CC(C)(C)OC(=O)NC1CCC(NC2CC3CC=CC32)CC1. The van der Waals surface area contributed by atoms with Gasteiger partial charge in [0, 0.05) is 18.1 Å². The minimum absolute atomic E-state index is 0.272. The van der Waals surface area contributed by atoms with Gasteiger partial charge in [0.2, 0.25) is 0 Å². The van der Waals surface area contributed by atoms with Gasteiger partial charge in [-0.25, -0.2) is 4.79 Å². The molecule has 0 saturated heterocycles. The van der Waals surface area contributed by atoms with E-state index in [1.807, 2.05) is 20.8 Å². The van der Waals surface area contributed by atoms with Crippen molar-refractivity contribution in [2.24, 2.45) is 11.8 Å². The molecule has 0 aromatic heterocycles. The van der Waals surface area contributed by atoms with Gasteiger partial charge < -0.3 is 15.4 Å². The van der Waals surface area contributed by atoms with Gasteiger partial charge in [0.25, 0.3) is 0 Å². The largest absolute Gasteiger partial charge is 0.444 e. The topological polar surface area (TPSA) is 50.4 Å². The van der Waals surface area contributed by atoms with Crippen LogP contribution in [-0.2, 0) is 4.74 Å². The van der Waals surface area contributed by atoms with E-state index in [0.29, 0.717) is 12.1 Å². The molecule has 3 aliphatic rings. The third-order valence-corrected chi connectivity index (χ3v) is 5.26. The van der Waals surface area contributed by atoms with Crippen LogP contribution in [0.5, 0.6) is 0 Å². The van der Waals surface area contributed by atoms with Gasteiger partial charge >= 0.3 is 6.09 Å². The minimum atomic E-state index is -0.418. The summed E-state index contributed by atoms with van der Waals surface area (Å²) in [6.07, 6.45) is 11.5. The van der Waals surface area contributed by atoms with Crippen LogP contribution in [-0.4, -0.2) is 29.8 Å². The number of carbonyl (C=O) groups excluding carboxylic acids is 1. The summed E-state index contributed by atoms with van der Waals surface area (Å²) < 4.78 is 5.33. The molecule has 0 aromatic rings. The first-order valence-electron chi connectivity index (χ1n) is 8.83. The average molecular weight is 306 g/mol.